The summed E-state index contributed by atoms with van der Waals surface area (Å²) in [6, 6.07) is 15.8. The number of amides is 1. The van der Waals surface area contributed by atoms with Gasteiger partial charge in [-0.25, -0.2) is 8.42 Å². The maximum atomic E-state index is 14.4. The van der Waals surface area contributed by atoms with E-state index in [4.69, 9.17) is 37.4 Å². The molecule has 0 fully saturated rings. The van der Waals surface area contributed by atoms with E-state index >= 15 is 0 Å². The number of nitrogens with zero attached hydrogens (tertiary/aromatic N) is 2. The molecule has 0 saturated heterocycles. The molecule has 0 unspecified atom stereocenters. The van der Waals surface area contributed by atoms with Gasteiger partial charge in [0.15, 0.2) is 0 Å². The SMILES string of the molecule is COc1ccc(S(=O)(=O)Nc2ccc3c(c2)C(=O)N([C@@H](C)CO)C[C@@H](C)[C@@H](CN(C)Cc2ccc(Cl)c(Cl)c2)OCCCC[C@@H](C)O3)cc1. The normalized spacial score (nSPS) is 20.2. The number of benzene rings is 3. The number of fused-ring (bicyclic) bond motifs is 1. The Morgan fingerprint density at radius 2 is 1.80 bits per heavy atom. The first-order valence-corrected chi connectivity index (χ1v) is 18.7. The van der Waals surface area contributed by atoms with Crippen molar-refractivity contribution < 1.29 is 32.5 Å². The van der Waals surface area contributed by atoms with Crippen LogP contribution in [0.25, 0.3) is 0 Å². The summed E-state index contributed by atoms with van der Waals surface area (Å²) >= 11 is 12.4. The minimum atomic E-state index is -3.98. The number of hydrogen-bond acceptors (Lipinski definition) is 8. The molecule has 4 atom stereocenters. The Kier molecular flexibility index (Phi) is 14.0. The molecule has 1 heterocycles. The Morgan fingerprint density at radius 3 is 2.47 bits per heavy atom. The maximum absolute atomic E-state index is 14.4. The number of aliphatic hydroxyl groups is 1. The van der Waals surface area contributed by atoms with Crippen molar-refractivity contribution in [3.05, 3.63) is 81.8 Å². The number of halogens is 2. The molecular weight excluding hydrogens is 689 g/mol. The van der Waals surface area contributed by atoms with Gasteiger partial charge in [-0.15, -0.1) is 0 Å². The van der Waals surface area contributed by atoms with Crippen LogP contribution in [0.1, 0.15) is 56.0 Å². The highest BCUT2D eigenvalue weighted by Gasteiger charge is 2.31. The van der Waals surface area contributed by atoms with Crippen molar-refractivity contribution in [3.8, 4) is 11.5 Å². The number of likely N-dealkylation sites (N-methyl/N-ethyl adjacent to an activating group) is 1. The zero-order valence-corrected chi connectivity index (χ0v) is 31.0. The summed E-state index contributed by atoms with van der Waals surface area (Å²) in [5.41, 5.74) is 1.41. The Balaban J connectivity index is 1.63. The van der Waals surface area contributed by atoms with E-state index in [1.54, 1.807) is 42.2 Å². The predicted molar refractivity (Wildman–Crippen MR) is 193 cm³/mol. The highest BCUT2D eigenvalue weighted by molar-refractivity contribution is 7.92. The fourth-order valence-corrected chi connectivity index (χ4v) is 7.11. The summed E-state index contributed by atoms with van der Waals surface area (Å²) in [4.78, 5) is 18.2. The first kappa shape index (κ1) is 38.7. The van der Waals surface area contributed by atoms with E-state index in [0.29, 0.717) is 41.2 Å². The van der Waals surface area contributed by atoms with E-state index in [2.05, 4.69) is 9.62 Å². The van der Waals surface area contributed by atoms with E-state index in [0.717, 1.165) is 24.8 Å². The van der Waals surface area contributed by atoms with Crippen LogP contribution in [0.4, 0.5) is 5.69 Å². The van der Waals surface area contributed by atoms with Crippen LogP contribution in [0.15, 0.2) is 65.6 Å². The van der Waals surface area contributed by atoms with E-state index in [-0.39, 0.29) is 53.3 Å². The molecule has 1 aliphatic heterocycles. The number of hydrogen-bond donors (Lipinski definition) is 2. The third-order valence-corrected chi connectivity index (χ3v) is 10.7. The summed E-state index contributed by atoms with van der Waals surface area (Å²) in [5, 5.41) is 11.3. The highest BCUT2D eigenvalue weighted by atomic mass is 35.5. The molecule has 0 bridgehead atoms. The average Bonchev–Trinajstić information content (AvgIpc) is 3.07. The van der Waals surface area contributed by atoms with E-state index in [1.807, 2.05) is 33.0 Å². The lowest BCUT2D eigenvalue weighted by molar-refractivity contribution is -0.0177. The fraction of sp³-hybridized carbons (Fsp3) is 0.472. The first-order valence-electron chi connectivity index (χ1n) is 16.4. The summed E-state index contributed by atoms with van der Waals surface area (Å²) in [5.74, 6) is 0.359. The number of ether oxygens (including phenoxy) is 3. The van der Waals surface area contributed by atoms with E-state index in [1.165, 1.54) is 25.3 Å². The molecule has 3 aromatic carbocycles. The molecule has 1 amide bonds. The fourth-order valence-electron chi connectivity index (χ4n) is 5.74. The first-order chi connectivity index (χ1) is 23.3. The van der Waals surface area contributed by atoms with Crippen molar-refractivity contribution in [2.75, 3.05) is 45.2 Å². The number of rotatable bonds is 10. The van der Waals surface area contributed by atoms with E-state index < -0.39 is 16.1 Å². The van der Waals surface area contributed by atoms with Crippen molar-refractivity contribution in [1.82, 2.24) is 9.80 Å². The third-order valence-electron chi connectivity index (χ3n) is 8.60. The van der Waals surface area contributed by atoms with Gasteiger partial charge in [0.05, 0.1) is 52.5 Å². The van der Waals surface area contributed by atoms with Gasteiger partial charge in [-0.2, -0.15) is 0 Å². The second kappa shape index (κ2) is 17.7. The minimum absolute atomic E-state index is 0.0455. The predicted octanol–water partition coefficient (Wildman–Crippen LogP) is 6.73. The summed E-state index contributed by atoms with van der Waals surface area (Å²) < 4.78 is 47.0. The van der Waals surface area contributed by atoms with Crippen LogP contribution < -0.4 is 14.2 Å². The largest absolute Gasteiger partial charge is 0.497 e. The van der Waals surface area contributed by atoms with E-state index in [9.17, 15) is 18.3 Å². The Labute approximate surface area is 300 Å². The van der Waals surface area contributed by atoms with Gasteiger partial charge in [-0.1, -0.05) is 36.2 Å². The molecule has 4 rings (SSSR count). The summed E-state index contributed by atoms with van der Waals surface area (Å²) in [7, 11) is -0.467. The molecule has 10 nitrogen and oxygen atoms in total. The van der Waals surface area contributed by atoms with Crippen LogP contribution in [-0.4, -0.2) is 87.9 Å². The van der Waals surface area contributed by atoms with Gasteiger partial charge in [0.25, 0.3) is 15.9 Å². The van der Waals surface area contributed by atoms with Crippen LogP contribution in [0.2, 0.25) is 10.0 Å². The van der Waals surface area contributed by atoms with Gasteiger partial charge in [0.2, 0.25) is 0 Å². The van der Waals surface area contributed by atoms with Crippen molar-refractivity contribution in [1.29, 1.82) is 0 Å². The van der Waals surface area contributed by atoms with Gasteiger partial charge < -0.3 is 24.2 Å². The highest BCUT2D eigenvalue weighted by Crippen LogP contribution is 2.30. The zero-order valence-electron chi connectivity index (χ0n) is 28.7. The molecule has 0 spiro atoms. The van der Waals surface area contributed by atoms with Crippen molar-refractivity contribution in [2.24, 2.45) is 5.92 Å². The zero-order chi connectivity index (χ0) is 35.7. The lowest BCUT2D eigenvalue weighted by atomic mass is 10.0. The van der Waals surface area contributed by atoms with Crippen LogP contribution in [-0.2, 0) is 21.3 Å². The minimum Gasteiger partial charge on any atom is -0.497 e. The number of aliphatic hydroxyl groups excluding tert-OH is 1. The van der Waals surface area contributed by atoms with Gasteiger partial charge in [0.1, 0.15) is 11.5 Å². The quantitative estimate of drug-likeness (QED) is 0.236. The summed E-state index contributed by atoms with van der Waals surface area (Å²) in [6.07, 6.45) is 1.98. The molecule has 13 heteroatoms. The standard InChI is InChI=1S/C36H47Cl2N3O7S/c1-24-20-41(25(2)23-42)36(43)31-19-28(39-49(44,45)30-13-11-29(46-5)12-14-30)10-16-34(31)48-26(3)8-6-7-17-47-35(24)22-40(4)21-27-9-15-32(37)33(38)18-27/h9-16,18-19,24-26,35,39,42H,6-8,17,20-23H2,1-5H3/t24-,25+,26-,35-/m1/s1. The number of anilines is 1. The molecule has 0 radical (unpaired) electrons. The van der Waals surface area contributed by atoms with Gasteiger partial charge in [-0.3, -0.25) is 14.4 Å². The third kappa shape index (κ3) is 10.7. The summed E-state index contributed by atoms with van der Waals surface area (Å²) in [6.45, 7) is 7.53. The molecule has 2 N–H and O–H groups in total. The number of carbonyl (C=O) groups is 1. The second-order valence-electron chi connectivity index (χ2n) is 12.7. The number of methoxy groups -OCH3 is 1. The molecule has 1 aliphatic rings. The van der Waals surface area contributed by atoms with Gasteiger partial charge in [-0.05, 0) is 100 Å². The number of sulfonamides is 1. The average molecular weight is 737 g/mol. The monoisotopic (exact) mass is 735 g/mol. The van der Waals surface area contributed by atoms with Crippen LogP contribution >= 0.6 is 23.2 Å². The number of carbonyl (C=O) groups excluding carboxylic acids is 1. The number of nitrogens with one attached hydrogen (secondary N) is 1. The second-order valence-corrected chi connectivity index (χ2v) is 15.2. The van der Waals surface area contributed by atoms with Crippen LogP contribution in [0.5, 0.6) is 11.5 Å². The van der Waals surface area contributed by atoms with Crippen LogP contribution in [0.3, 0.4) is 0 Å². The molecule has 49 heavy (non-hydrogen) atoms. The lowest BCUT2D eigenvalue weighted by Gasteiger charge is -2.36. The van der Waals surface area contributed by atoms with Gasteiger partial charge >= 0.3 is 0 Å². The maximum Gasteiger partial charge on any atom is 0.261 e. The topological polar surface area (TPSA) is 118 Å². The lowest BCUT2D eigenvalue weighted by Crippen LogP contribution is -2.47. The molecule has 0 saturated carbocycles. The Morgan fingerprint density at radius 1 is 1.06 bits per heavy atom. The van der Waals surface area contributed by atoms with Crippen LogP contribution in [0, 0.1) is 5.92 Å². The smallest absolute Gasteiger partial charge is 0.261 e. The van der Waals surface area contributed by atoms with Crippen molar-refractivity contribution in [2.45, 2.75) is 69.7 Å². The van der Waals surface area contributed by atoms with Crippen molar-refractivity contribution >= 4 is 44.8 Å². The molecular formula is C36H47Cl2N3O7S. The molecule has 0 aromatic heterocycles. The molecule has 268 valence electrons. The molecule has 0 aliphatic carbocycles. The Hall–Kier alpha value is -3.06. The van der Waals surface area contributed by atoms with Crippen molar-refractivity contribution in [3.63, 3.8) is 0 Å². The van der Waals surface area contributed by atoms with Gasteiger partial charge in [0, 0.05) is 37.8 Å². The molecule has 3 aromatic rings. The Bertz CT molecular complexity index is 1660.